The molecule has 2 rings (SSSR count). The molecule has 1 aromatic heterocycles. The van der Waals surface area contributed by atoms with E-state index in [9.17, 15) is 4.79 Å². The van der Waals surface area contributed by atoms with Gasteiger partial charge in [-0.25, -0.2) is 0 Å². The summed E-state index contributed by atoms with van der Waals surface area (Å²) in [6, 6.07) is 7.01. The Morgan fingerprint density at radius 3 is 2.88 bits per heavy atom. The lowest BCUT2D eigenvalue weighted by Gasteiger charge is -2.07. The average molecular weight is 267 g/mol. The maximum atomic E-state index is 12.1. The Hall–Kier alpha value is -1.32. The summed E-state index contributed by atoms with van der Waals surface area (Å²) in [5.41, 5.74) is 1.60. The van der Waals surface area contributed by atoms with Gasteiger partial charge >= 0.3 is 0 Å². The Labute approximate surface area is 109 Å². The third-order valence-corrected chi connectivity index (χ3v) is 3.38. The van der Waals surface area contributed by atoms with Crippen molar-refractivity contribution in [3.8, 4) is 5.75 Å². The number of benzene rings is 1. The highest BCUT2D eigenvalue weighted by Gasteiger charge is 2.13. The van der Waals surface area contributed by atoms with Gasteiger partial charge in [0, 0.05) is 11.4 Å². The van der Waals surface area contributed by atoms with Gasteiger partial charge in [-0.2, -0.15) is 11.3 Å². The molecule has 0 aliphatic heterocycles. The molecule has 0 aliphatic rings. The number of methoxy groups -OCH3 is 1. The Bertz CT molecular complexity index is 520. The first-order chi connectivity index (χ1) is 8.20. The lowest BCUT2D eigenvalue weighted by molar-refractivity contribution is 0.0990. The third kappa shape index (κ3) is 2.87. The van der Waals surface area contributed by atoms with Gasteiger partial charge in [-0.3, -0.25) is 4.79 Å². The normalized spacial score (nSPS) is 10.2. The molecular formula is C13H11ClO2S. The van der Waals surface area contributed by atoms with Crippen LogP contribution < -0.4 is 4.74 Å². The van der Waals surface area contributed by atoms with E-state index in [-0.39, 0.29) is 5.78 Å². The van der Waals surface area contributed by atoms with Crippen LogP contribution in [0.5, 0.6) is 5.75 Å². The number of thiophene rings is 1. The van der Waals surface area contributed by atoms with E-state index in [2.05, 4.69) is 0 Å². The van der Waals surface area contributed by atoms with E-state index in [0.717, 1.165) is 5.56 Å². The first-order valence-electron chi connectivity index (χ1n) is 5.08. The summed E-state index contributed by atoms with van der Waals surface area (Å²) in [7, 11) is 1.53. The topological polar surface area (TPSA) is 26.3 Å². The molecule has 0 amide bonds. The highest BCUT2D eigenvalue weighted by Crippen LogP contribution is 2.24. The van der Waals surface area contributed by atoms with E-state index in [0.29, 0.717) is 22.8 Å². The molecular weight excluding hydrogens is 256 g/mol. The summed E-state index contributed by atoms with van der Waals surface area (Å²) < 4.78 is 5.16. The summed E-state index contributed by atoms with van der Waals surface area (Å²) in [4.78, 5) is 12.1. The SMILES string of the molecule is COc1cc(Cl)ccc1C(=O)Cc1ccsc1. The molecule has 1 heterocycles. The van der Waals surface area contributed by atoms with Gasteiger partial charge in [-0.05, 0) is 40.6 Å². The zero-order valence-electron chi connectivity index (χ0n) is 9.27. The van der Waals surface area contributed by atoms with Crippen LogP contribution in [0.15, 0.2) is 35.0 Å². The van der Waals surface area contributed by atoms with Gasteiger partial charge in [0.05, 0.1) is 12.7 Å². The van der Waals surface area contributed by atoms with Crippen molar-refractivity contribution < 1.29 is 9.53 Å². The second-order valence-corrected chi connectivity index (χ2v) is 4.79. The lowest BCUT2D eigenvalue weighted by atomic mass is 10.0. The quantitative estimate of drug-likeness (QED) is 0.786. The van der Waals surface area contributed by atoms with Crippen molar-refractivity contribution in [1.29, 1.82) is 0 Å². The molecule has 4 heteroatoms. The second kappa shape index (κ2) is 5.34. The van der Waals surface area contributed by atoms with Crippen molar-refractivity contribution >= 4 is 28.7 Å². The van der Waals surface area contributed by atoms with E-state index in [1.807, 2.05) is 16.8 Å². The number of carbonyl (C=O) groups is 1. The molecule has 17 heavy (non-hydrogen) atoms. The van der Waals surface area contributed by atoms with Crippen LogP contribution in [-0.4, -0.2) is 12.9 Å². The van der Waals surface area contributed by atoms with Crippen LogP contribution in [0.1, 0.15) is 15.9 Å². The predicted octanol–water partition coefficient (Wildman–Crippen LogP) is 3.84. The number of carbonyl (C=O) groups excluding carboxylic acids is 1. The van der Waals surface area contributed by atoms with Crippen LogP contribution in [0.4, 0.5) is 0 Å². The van der Waals surface area contributed by atoms with E-state index >= 15 is 0 Å². The van der Waals surface area contributed by atoms with Crippen LogP contribution in [0.3, 0.4) is 0 Å². The van der Waals surface area contributed by atoms with Gasteiger partial charge in [-0.15, -0.1) is 0 Å². The number of Topliss-reactive ketones (excluding diaryl/α,β-unsaturated/α-hetero) is 1. The highest BCUT2D eigenvalue weighted by atomic mass is 35.5. The zero-order chi connectivity index (χ0) is 12.3. The average Bonchev–Trinajstić information content (AvgIpc) is 2.81. The van der Waals surface area contributed by atoms with Crippen LogP contribution in [0.25, 0.3) is 0 Å². The fraction of sp³-hybridized carbons (Fsp3) is 0.154. The van der Waals surface area contributed by atoms with Gasteiger partial charge in [0.1, 0.15) is 5.75 Å². The van der Waals surface area contributed by atoms with Crippen molar-refractivity contribution in [2.45, 2.75) is 6.42 Å². The van der Waals surface area contributed by atoms with E-state index in [4.69, 9.17) is 16.3 Å². The molecule has 0 unspecified atom stereocenters. The minimum absolute atomic E-state index is 0.0388. The monoisotopic (exact) mass is 266 g/mol. The minimum atomic E-state index is 0.0388. The molecule has 2 nitrogen and oxygen atoms in total. The fourth-order valence-corrected chi connectivity index (χ4v) is 2.40. The van der Waals surface area contributed by atoms with E-state index < -0.39 is 0 Å². The van der Waals surface area contributed by atoms with Crippen molar-refractivity contribution in [3.05, 3.63) is 51.2 Å². The Morgan fingerprint density at radius 2 is 2.24 bits per heavy atom. The van der Waals surface area contributed by atoms with Crippen LogP contribution in [0.2, 0.25) is 5.02 Å². The van der Waals surface area contributed by atoms with Gasteiger partial charge < -0.3 is 4.74 Å². The first-order valence-corrected chi connectivity index (χ1v) is 6.40. The van der Waals surface area contributed by atoms with Gasteiger partial charge in [0.15, 0.2) is 5.78 Å². The number of ether oxygens (including phenoxy) is 1. The summed E-state index contributed by atoms with van der Waals surface area (Å²) >= 11 is 7.44. The maximum absolute atomic E-state index is 12.1. The van der Waals surface area contributed by atoms with E-state index in [1.165, 1.54) is 7.11 Å². The molecule has 88 valence electrons. The third-order valence-electron chi connectivity index (χ3n) is 2.41. The number of rotatable bonds is 4. The summed E-state index contributed by atoms with van der Waals surface area (Å²) in [6.45, 7) is 0. The summed E-state index contributed by atoms with van der Waals surface area (Å²) in [5.74, 6) is 0.564. The number of hydrogen-bond acceptors (Lipinski definition) is 3. The van der Waals surface area contributed by atoms with Gasteiger partial charge in [0.25, 0.3) is 0 Å². The molecule has 0 N–H and O–H groups in total. The van der Waals surface area contributed by atoms with Gasteiger partial charge in [0.2, 0.25) is 0 Å². The fourth-order valence-electron chi connectivity index (χ4n) is 1.57. The number of hydrogen-bond donors (Lipinski definition) is 0. The molecule has 1 aromatic carbocycles. The molecule has 0 saturated heterocycles. The number of halogens is 1. The molecule has 0 radical (unpaired) electrons. The van der Waals surface area contributed by atoms with Crippen LogP contribution in [-0.2, 0) is 6.42 Å². The Kier molecular flexibility index (Phi) is 3.82. The standard InChI is InChI=1S/C13H11ClO2S/c1-16-13-7-10(14)2-3-11(13)12(15)6-9-4-5-17-8-9/h2-5,7-8H,6H2,1H3. The minimum Gasteiger partial charge on any atom is -0.496 e. The Morgan fingerprint density at radius 1 is 1.41 bits per heavy atom. The molecule has 0 aliphatic carbocycles. The molecule has 0 atom stereocenters. The van der Waals surface area contributed by atoms with Crippen LogP contribution in [0, 0.1) is 0 Å². The second-order valence-electron chi connectivity index (χ2n) is 3.58. The highest BCUT2D eigenvalue weighted by molar-refractivity contribution is 7.08. The first kappa shape index (κ1) is 12.1. The summed E-state index contributed by atoms with van der Waals surface area (Å²) in [5, 5.41) is 4.50. The molecule has 0 spiro atoms. The van der Waals surface area contributed by atoms with Crippen LogP contribution >= 0.6 is 22.9 Å². The molecule has 2 aromatic rings. The zero-order valence-corrected chi connectivity index (χ0v) is 10.8. The van der Waals surface area contributed by atoms with Crippen molar-refractivity contribution in [3.63, 3.8) is 0 Å². The molecule has 0 saturated carbocycles. The Balaban J connectivity index is 2.24. The maximum Gasteiger partial charge on any atom is 0.170 e. The number of ketones is 1. The predicted molar refractivity (Wildman–Crippen MR) is 70.4 cm³/mol. The van der Waals surface area contributed by atoms with E-state index in [1.54, 1.807) is 29.5 Å². The molecule has 0 fully saturated rings. The smallest absolute Gasteiger partial charge is 0.170 e. The van der Waals surface area contributed by atoms with Gasteiger partial charge in [-0.1, -0.05) is 11.6 Å². The van der Waals surface area contributed by atoms with Crippen molar-refractivity contribution in [2.75, 3.05) is 7.11 Å². The lowest BCUT2D eigenvalue weighted by Crippen LogP contribution is -2.05. The molecule has 0 bridgehead atoms. The van der Waals surface area contributed by atoms with Crippen molar-refractivity contribution in [1.82, 2.24) is 0 Å². The van der Waals surface area contributed by atoms with Crippen molar-refractivity contribution in [2.24, 2.45) is 0 Å². The summed E-state index contributed by atoms with van der Waals surface area (Å²) in [6.07, 6.45) is 0.390. The largest absolute Gasteiger partial charge is 0.496 e.